The molecule has 20 heteroatoms. The lowest BCUT2D eigenvalue weighted by atomic mass is 10.0. The summed E-state index contributed by atoms with van der Waals surface area (Å²) in [6, 6.07) is 19.6. The summed E-state index contributed by atoms with van der Waals surface area (Å²) in [5, 5.41) is 40.9. The summed E-state index contributed by atoms with van der Waals surface area (Å²) in [7, 11) is 4.03. The van der Waals surface area contributed by atoms with Gasteiger partial charge in [0.15, 0.2) is 12.2 Å². The van der Waals surface area contributed by atoms with Gasteiger partial charge in [-0.25, -0.2) is 17.6 Å². The lowest BCUT2D eigenvalue weighted by Gasteiger charge is -2.23. The van der Waals surface area contributed by atoms with Crippen LogP contribution in [0, 0.1) is 23.3 Å². The van der Waals surface area contributed by atoms with E-state index < -0.39 is 83.2 Å². The van der Waals surface area contributed by atoms with Crippen LogP contribution in [0.5, 0.6) is 0 Å². The van der Waals surface area contributed by atoms with Crippen molar-refractivity contribution in [2.45, 2.75) is 91.1 Å². The molecule has 8 N–H and O–H groups in total. The number of carbonyl (C=O) groups excluding carboxylic acids is 5. The van der Waals surface area contributed by atoms with Gasteiger partial charge in [0.05, 0.1) is 5.92 Å². The summed E-state index contributed by atoms with van der Waals surface area (Å²) in [5.74, 6) is -8.20. The number of hydrogen-bond acceptors (Lipinski definition) is 10. The first-order valence-electron chi connectivity index (χ1n) is 23.0. The number of carbonyl (C=O) groups is 6. The SMILES string of the molecule is C.CCCN(C)CCNC(=O)[C@@H](C)c1ccccc1.CCCN(C)CCNC(=O)[C@@H](NC(=O)[C@H](C)NC(=O)C(O)c1cc(F)cc(F)c1)c1ccccc1.C[C@H](NC(=O)C(O)c1cc(F)cc(F)c1)C(=O)O.[HH].[HH].[HH]. The predicted molar refractivity (Wildman–Crippen MR) is 272 cm³/mol. The van der Waals surface area contributed by atoms with E-state index in [2.05, 4.69) is 52.0 Å². The highest BCUT2D eigenvalue weighted by Gasteiger charge is 2.28. The number of aliphatic carboxylic acids is 1. The van der Waals surface area contributed by atoms with E-state index in [1.807, 2.05) is 49.6 Å². The number of benzene rings is 4. The Hall–Kier alpha value is -6.74. The van der Waals surface area contributed by atoms with Gasteiger partial charge in [0.25, 0.3) is 11.8 Å². The number of hydrogen-bond donors (Lipinski definition) is 8. The topological polar surface area (TPSA) is 230 Å². The molecule has 0 spiro atoms. The molecule has 0 aliphatic carbocycles. The Kier molecular flexibility index (Phi) is 29.0. The van der Waals surface area contributed by atoms with Gasteiger partial charge in [-0.1, -0.05) is 81.9 Å². The van der Waals surface area contributed by atoms with Gasteiger partial charge >= 0.3 is 5.97 Å². The van der Waals surface area contributed by atoms with Gasteiger partial charge in [-0.2, -0.15) is 0 Å². The van der Waals surface area contributed by atoms with Crippen LogP contribution in [0.15, 0.2) is 97.1 Å². The fourth-order valence-corrected chi connectivity index (χ4v) is 6.57. The molecule has 0 saturated heterocycles. The van der Waals surface area contributed by atoms with E-state index in [0.29, 0.717) is 37.3 Å². The number of nitrogens with zero attached hydrogens (tertiary/aromatic N) is 2. The molecule has 0 radical (unpaired) electrons. The smallest absolute Gasteiger partial charge is 0.325 e. The second-order valence-corrected chi connectivity index (χ2v) is 16.7. The van der Waals surface area contributed by atoms with Crippen molar-refractivity contribution in [1.29, 1.82) is 0 Å². The Bertz CT molecular complexity index is 2300. The van der Waals surface area contributed by atoms with Crippen LogP contribution in [0.2, 0.25) is 0 Å². The number of aliphatic hydroxyl groups is 2. The van der Waals surface area contributed by atoms with Crippen LogP contribution in [0.25, 0.3) is 0 Å². The minimum atomic E-state index is -1.89. The Balaban J connectivity index is -0.00000110. The average molecular weight is 1020 g/mol. The minimum absolute atomic E-state index is 0. The summed E-state index contributed by atoms with van der Waals surface area (Å²) in [6.07, 6.45) is -1.59. The van der Waals surface area contributed by atoms with Gasteiger partial charge in [0.2, 0.25) is 17.7 Å². The van der Waals surface area contributed by atoms with Gasteiger partial charge in [0.1, 0.15) is 41.4 Å². The van der Waals surface area contributed by atoms with Crippen molar-refractivity contribution in [3.05, 3.63) is 143 Å². The molecular weight excluding hydrogens is 943 g/mol. The molecule has 5 amide bonds. The molecular formula is C52H77F4N7O9. The van der Waals surface area contributed by atoms with Crippen LogP contribution < -0.4 is 26.6 Å². The predicted octanol–water partition coefficient (Wildman–Crippen LogP) is 6.03. The average Bonchev–Trinajstić information content (AvgIpc) is 3.32. The maximum atomic E-state index is 13.4. The fourth-order valence-electron chi connectivity index (χ4n) is 6.57. The van der Waals surface area contributed by atoms with Gasteiger partial charge in [-0.05, 0) is 107 Å². The quantitative estimate of drug-likeness (QED) is 0.0400. The monoisotopic (exact) mass is 1020 g/mol. The van der Waals surface area contributed by atoms with E-state index in [9.17, 15) is 56.5 Å². The molecule has 6 atom stereocenters. The van der Waals surface area contributed by atoms with Crippen molar-refractivity contribution < 1.29 is 65.9 Å². The first kappa shape index (κ1) is 63.3. The van der Waals surface area contributed by atoms with Crippen LogP contribution in [0.1, 0.15) is 106 Å². The van der Waals surface area contributed by atoms with Crippen molar-refractivity contribution in [3.8, 4) is 0 Å². The van der Waals surface area contributed by atoms with Gasteiger partial charge in [-0.3, -0.25) is 28.8 Å². The summed E-state index contributed by atoms with van der Waals surface area (Å²) < 4.78 is 52.5. The first-order valence-corrected chi connectivity index (χ1v) is 23.0. The lowest BCUT2D eigenvalue weighted by Crippen LogP contribution is -2.50. The van der Waals surface area contributed by atoms with Gasteiger partial charge < -0.3 is 51.7 Å². The molecule has 0 fully saturated rings. The number of aliphatic hydroxyl groups excluding tert-OH is 2. The lowest BCUT2D eigenvalue weighted by molar-refractivity contribution is -0.143. The normalized spacial score (nSPS) is 13.2. The third-order valence-electron chi connectivity index (χ3n) is 10.5. The molecule has 72 heavy (non-hydrogen) atoms. The van der Waals surface area contributed by atoms with Crippen molar-refractivity contribution >= 4 is 35.5 Å². The van der Waals surface area contributed by atoms with E-state index in [1.165, 1.54) is 13.8 Å². The molecule has 2 unspecified atom stereocenters. The number of likely N-dealkylation sites (N-methyl/N-ethyl adjacent to an activating group) is 2. The molecule has 4 aromatic carbocycles. The summed E-state index contributed by atoms with van der Waals surface area (Å²) in [4.78, 5) is 76.2. The van der Waals surface area contributed by atoms with Crippen LogP contribution in [-0.2, 0) is 28.8 Å². The highest BCUT2D eigenvalue weighted by Crippen LogP contribution is 2.19. The molecule has 4 rings (SSSR count). The Labute approximate surface area is 424 Å². The largest absolute Gasteiger partial charge is 0.480 e. The van der Waals surface area contributed by atoms with Gasteiger partial charge in [0, 0.05) is 42.6 Å². The second kappa shape index (κ2) is 33.0. The summed E-state index contributed by atoms with van der Waals surface area (Å²) in [6.45, 7) is 13.3. The van der Waals surface area contributed by atoms with E-state index in [4.69, 9.17) is 5.11 Å². The van der Waals surface area contributed by atoms with Crippen LogP contribution in [0.4, 0.5) is 17.6 Å². The van der Waals surface area contributed by atoms with Crippen molar-refractivity contribution in [3.63, 3.8) is 0 Å². The van der Waals surface area contributed by atoms with E-state index in [1.54, 1.807) is 30.3 Å². The van der Waals surface area contributed by atoms with Crippen molar-refractivity contribution in [1.82, 2.24) is 36.4 Å². The van der Waals surface area contributed by atoms with Crippen LogP contribution >= 0.6 is 0 Å². The van der Waals surface area contributed by atoms with Crippen molar-refractivity contribution in [2.75, 3.05) is 53.4 Å². The maximum Gasteiger partial charge on any atom is 0.325 e. The number of halogens is 4. The molecule has 0 bridgehead atoms. The summed E-state index contributed by atoms with van der Waals surface area (Å²) in [5.41, 5.74) is 1.04. The summed E-state index contributed by atoms with van der Waals surface area (Å²) >= 11 is 0. The molecule has 16 nitrogen and oxygen atoms in total. The minimum Gasteiger partial charge on any atom is -0.480 e. The molecule has 0 heterocycles. The number of nitrogens with one attached hydrogen (secondary N) is 5. The maximum absolute atomic E-state index is 13.4. The molecule has 0 aromatic heterocycles. The number of amides is 5. The van der Waals surface area contributed by atoms with E-state index >= 15 is 0 Å². The van der Waals surface area contributed by atoms with Crippen LogP contribution in [0.3, 0.4) is 0 Å². The zero-order valence-electron chi connectivity index (χ0n) is 41.1. The zero-order valence-corrected chi connectivity index (χ0v) is 41.1. The fraction of sp³-hybridized carbons (Fsp3) is 0.423. The molecule has 0 aliphatic heterocycles. The Morgan fingerprint density at radius 2 is 0.889 bits per heavy atom. The van der Waals surface area contributed by atoms with Gasteiger partial charge in [-0.15, -0.1) is 0 Å². The zero-order chi connectivity index (χ0) is 53.2. The third kappa shape index (κ3) is 23.0. The van der Waals surface area contributed by atoms with E-state index in [0.717, 1.165) is 62.3 Å². The Morgan fingerprint density at radius 1 is 0.514 bits per heavy atom. The highest BCUT2D eigenvalue weighted by molar-refractivity contribution is 5.93. The highest BCUT2D eigenvalue weighted by atomic mass is 19.1. The van der Waals surface area contributed by atoms with E-state index in [-0.39, 0.29) is 34.7 Å². The molecule has 4 aromatic rings. The standard InChI is InChI=1S/C25H32F2N4O4.C15H24N2O.C11H11F2NO4.CH4.3H2/c1-4-11-31(3)12-10-28-24(34)21(17-8-6-5-7-9-17)30-23(33)16(2)29-25(35)22(32)18-13-19(26)15-20(27)14-18;1-4-11-17(3)12-10-16-15(18)13(2)14-8-6-5-7-9-14;1-5(11(17)18)14-10(16)9(15)6-2-7(12)4-8(13)3-6;;;;/h5-9,13-16,21-22,32H,4,10-12H2,1-3H3,(H,28,34)(H,29,35)(H,30,33);5-9,13H,4,10-12H2,1-3H3,(H,16,18);2-5,9,15H,1H3,(H,14,16)(H,17,18);1H4;3*1H/t16-,21-,22?;13-;5-,9?;;;;/m000..../s1. The molecule has 0 aliphatic rings. The number of carboxylic acids is 1. The molecule has 0 saturated carbocycles. The van der Waals surface area contributed by atoms with Crippen molar-refractivity contribution in [2.24, 2.45) is 0 Å². The molecule has 402 valence electrons. The number of rotatable bonds is 23. The van der Waals surface area contributed by atoms with Crippen LogP contribution in [-0.4, -0.2) is 126 Å². The Morgan fingerprint density at radius 3 is 1.28 bits per heavy atom. The second-order valence-electron chi connectivity index (χ2n) is 16.7. The number of carboxylic acid groups (broad SMARTS) is 1. The third-order valence-corrected chi connectivity index (χ3v) is 10.5. The first-order chi connectivity index (χ1) is 33.6.